The average molecular weight is 217 g/mol. The van der Waals surface area contributed by atoms with E-state index in [1.165, 1.54) is 27.1 Å². The summed E-state index contributed by atoms with van der Waals surface area (Å²) in [6, 6.07) is 8.62. The normalized spacial score (nSPS) is 10.6. The molecule has 2 N–H and O–H groups in total. The van der Waals surface area contributed by atoms with E-state index in [0.717, 1.165) is 0 Å². The monoisotopic (exact) mass is 217 g/mol. The Balaban J connectivity index is 2.49. The topological polar surface area (TPSA) is 26.0 Å². The van der Waals surface area contributed by atoms with Gasteiger partial charge in [0.25, 0.3) is 0 Å². The zero-order valence-electron chi connectivity index (χ0n) is 9.08. The van der Waals surface area contributed by atoms with E-state index in [2.05, 4.69) is 43.5 Å². The van der Waals surface area contributed by atoms with Gasteiger partial charge in [0, 0.05) is 11.4 Å². The first-order valence-corrected chi connectivity index (χ1v) is 5.94. The SMILES string of the molecule is Cc1cccc(-c2cc(CN)cs2)c1C. The molecule has 2 heteroatoms. The molecule has 0 aliphatic rings. The Morgan fingerprint density at radius 2 is 2.07 bits per heavy atom. The molecule has 0 atom stereocenters. The van der Waals surface area contributed by atoms with Crippen LogP contribution in [0.4, 0.5) is 0 Å². The number of hydrogen-bond donors (Lipinski definition) is 1. The Morgan fingerprint density at radius 1 is 1.27 bits per heavy atom. The standard InChI is InChI=1S/C13H15NS/c1-9-4-3-5-12(10(9)2)13-6-11(7-14)8-15-13/h3-6,8H,7,14H2,1-2H3. The van der Waals surface area contributed by atoms with Crippen molar-refractivity contribution in [3.63, 3.8) is 0 Å². The Labute approximate surface area is 94.6 Å². The molecule has 2 rings (SSSR count). The van der Waals surface area contributed by atoms with Gasteiger partial charge in [0.15, 0.2) is 0 Å². The third-order valence-corrected chi connectivity index (χ3v) is 3.77. The minimum absolute atomic E-state index is 0.626. The van der Waals surface area contributed by atoms with Gasteiger partial charge in [-0.3, -0.25) is 0 Å². The highest BCUT2D eigenvalue weighted by Gasteiger charge is 2.05. The van der Waals surface area contributed by atoms with Crippen molar-refractivity contribution in [2.75, 3.05) is 0 Å². The van der Waals surface area contributed by atoms with E-state index in [1.54, 1.807) is 11.3 Å². The number of aryl methyl sites for hydroxylation is 1. The Bertz CT molecular complexity index is 471. The van der Waals surface area contributed by atoms with Gasteiger partial charge < -0.3 is 5.73 Å². The van der Waals surface area contributed by atoms with E-state index in [0.29, 0.717) is 6.54 Å². The van der Waals surface area contributed by atoms with Crippen LogP contribution in [0.2, 0.25) is 0 Å². The van der Waals surface area contributed by atoms with Crippen molar-refractivity contribution >= 4 is 11.3 Å². The molecule has 15 heavy (non-hydrogen) atoms. The zero-order chi connectivity index (χ0) is 10.8. The van der Waals surface area contributed by atoms with Gasteiger partial charge in [-0.15, -0.1) is 11.3 Å². The van der Waals surface area contributed by atoms with Gasteiger partial charge >= 0.3 is 0 Å². The smallest absolute Gasteiger partial charge is 0.0348 e. The van der Waals surface area contributed by atoms with Gasteiger partial charge in [-0.05, 0) is 47.5 Å². The fraction of sp³-hybridized carbons (Fsp3) is 0.231. The predicted molar refractivity (Wildman–Crippen MR) is 67.1 cm³/mol. The quantitative estimate of drug-likeness (QED) is 0.818. The maximum Gasteiger partial charge on any atom is 0.0348 e. The molecular formula is C13H15NS. The van der Waals surface area contributed by atoms with Crippen LogP contribution < -0.4 is 5.73 Å². The summed E-state index contributed by atoms with van der Waals surface area (Å²) >= 11 is 1.77. The molecule has 0 aliphatic carbocycles. The molecule has 78 valence electrons. The number of nitrogens with two attached hydrogens (primary N) is 1. The van der Waals surface area contributed by atoms with E-state index in [9.17, 15) is 0 Å². The van der Waals surface area contributed by atoms with Crippen molar-refractivity contribution in [3.8, 4) is 10.4 Å². The molecule has 0 aliphatic heterocycles. The summed E-state index contributed by atoms with van der Waals surface area (Å²) in [6.07, 6.45) is 0. The molecule has 0 bridgehead atoms. The zero-order valence-corrected chi connectivity index (χ0v) is 9.90. The molecule has 0 spiro atoms. The summed E-state index contributed by atoms with van der Waals surface area (Å²) in [5.41, 5.74) is 10.9. The number of thiophene rings is 1. The van der Waals surface area contributed by atoms with Crippen LogP contribution in [-0.2, 0) is 6.54 Å². The van der Waals surface area contributed by atoms with Gasteiger partial charge in [0.05, 0.1) is 0 Å². The molecule has 2 aromatic rings. The molecule has 0 radical (unpaired) electrons. The molecule has 0 saturated heterocycles. The summed E-state index contributed by atoms with van der Waals surface area (Å²) in [5.74, 6) is 0. The van der Waals surface area contributed by atoms with Crippen molar-refractivity contribution in [2.45, 2.75) is 20.4 Å². The van der Waals surface area contributed by atoms with Crippen molar-refractivity contribution in [3.05, 3.63) is 46.3 Å². The van der Waals surface area contributed by atoms with Crippen molar-refractivity contribution in [2.24, 2.45) is 5.73 Å². The summed E-state index contributed by atoms with van der Waals surface area (Å²) in [7, 11) is 0. The first-order chi connectivity index (χ1) is 7.22. The highest BCUT2D eigenvalue weighted by molar-refractivity contribution is 7.13. The Kier molecular flexibility index (Phi) is 2.89. The van der Waals surface area contributed by atoms with Crippen LogP contribution in [0.5, 0.6) is 0 Å². The molecule has 0 fully saturated rings. The third-order valence-electron chi connectivity index (χ3n) is 2.76. The lowest BCUT2D eigenvalue weighted by molar-refractivity contribution is 1.08. The fourth-order valence-electron chi connectivity index (χ4n) is 1.64. The van der Waals surface area contributed by atoms with Gasteiger partial charge in [-0.2, -0.15) is 0 Å². The van der Waals surface area contributed by atoms with Gasteiger partial charge in [0.2, 0.25) is 0 Å². The minimum Gasteiger partial charge on any atom is -0.326 e. The van der Waals surface area contributed by atoms with Crippen LogP contribution in [0.1, 0.15) is 16.7 Å². The molecule has 1 aromatic heterocycles. The van der Waals surface area contributed by atoms with Crippen LogP contribution in [0.3, 0.4) is 0 Å². The summed E-state index contributed by atoms with van der Waals surface area (Å²) in [5, 5.41) is 2.14. The van der Waals surface area contributed by atoms with Gasteiger partial charge in [-0.25, -0.2) is 0 Å². The molecule has 1 heterocycles. The maximum absolute atomic E-state index is 5.62. The summed E-state index contributed by atoms with van der Waals surface area (Å²) in [4.78, 5) is 1.32. The molecule has 1 aromatic carbocycles. The lowest BCUT2D eigenvalue weighted by Gasteiger charge is -2.05. The minimum atomic E-state index is 0.626. The van der Waals surface area contributed by atoms with E-state index >= 15 is 0 Å². The molecule has 1 nitrogen and oxygen atoms in total. The van der Waals surface area contributed by atoms with E-state index in [4.69, 9.17) is 5.73 Å². The van der Waals surface area contributed by atoms with Crippen molar-refractivity contribution < 1.29 is 0 Å². The third kappa shape index (κ3) is 1.96. The van der Waals surface area contributed by atoms with E-state index < -0.39 is 0 Å². The summed E-state index contributed by atoms with van der Waals surface area (Å²) < 4.78 is 0. The second-order valence-electron chi connectivity index (χ2n) is 3.77. The van der Waals surface area contributed by atoms with Gasteiger partial charge in [-0.1, -0.05) is 18.2 Å². The Hall–Kier alpha value is -1.12. The second kappa shape index (κ2) is 4.17. The first-order valence-electron chi connectivity index (χ1n) is 5.06. The number of rotatable bonds is 2. The van der Waals surface area contributed by atoms with Crippen LogP contribution in [-0.4, -0.2) is 0 Å². The molecule has 0 saturated carbocycles. The number of benzene rings is 1. The fourth-order valence-corrected chi connectivity index (χ4v) is 2.65. The van der Waals surface area contributed by atoms with Crippen LogP contribution in [0, 0.1) is 13.8 Å². The molecular weight excluding hydrogens is 202 g/mol. The maximum atomic E-state index is 5.62. The van der Waals surface area contributed by atoms with Crippen LogP contribution >= 0.6 is 11.3 Å². The lowest BCUT2D eigenvalue weighted by Crippen LogP contribution is -1.92. The lowest BCUT2D eigenvalue weighted by atomic mass is 10.0. The van der Waals surface area contributed by atoms with Crippen LogP contribution in [0.15, 0.2) is 29.6 Å². The highest BCUT2D eigenvalue weighted by atomic mass is 32.1. The van der Waals surface area contributed by atoms with Crippen molar-refractivity contribution in [1.29, 1.82) is 0 Å². The largest absolute Gasteiger partial charge is 0.326 e. The van der Waals surface area contributed by atoms with Crippen molar-refractivity contribution in [1.82, 2.24) is 0 Å². The molecule has 0 amide bonds. The second-order valence-corrected chi connectivity index (χ2v) is 4.68. The molecule has 0 unspecified atom stereocenters. The van der Waals surface area contributed by atoms with Crippen LogP contribution in [0.25, 0.3) is 10.4 Å². The van der Waals surface area contributed by atoms with E-state index in [-0.39, 0.29) is 0 Å². The Morgan fingerprint density at radius 3 is 2.73 bits per heavy atom. The summed E-state index contributed by atoms with van der Waals surface area (Å²) in [6.45, 7) is 4.95. The first kappa shape index (κ1) is 10.4. The number of hydrogen-bond acceptors (Lipinski definition) is 2. The highest BCUT2D eigenvalue weighted by Crippen LogP contribution is 2.30. The predicted octanol–water partition coefficient (Wildman–Crippen LogP) is 3.49. The van der Waals surface area contributed by atoms with Gasteiger partial charge in [0.1, 0.15) is 0 Å². The van der Waals surface area contributed by atoms with E-state index in [1.807, 2.05) is 0 Å². The average Bonchev–Trinajstić information content (AvgIpc) is 2.70.